The summed E-state index contributed by atoms with van der Waals surface area (Å²) in [6.07, 6.45) is -0.351. The van der Waals surface area contributed by atoms with Crippen molar-refractivity contribution in [2.45, 2.75) is 13.0 Å². The van der Waals surface area contributed by atoms with Crippen LogP contribution in [0.1, 0.15) is 22.3 Å². The summed E-state index contributed by atoms with van der Waals surface area (Å²) in [4.78, 5) is 35.4. The maximum absolute atomic E-state index is 12.3. The lowest BCUT2D eigenvalue weighted by Crippen LogP contribution is -2.26. The molecule has 0 spiro atoms. The molecule has 2 aromatic carbocycles. The predicted molar refractivity (Wildman–Crippen MR) is 109 cm³/mol. The van der Waals surface area contributed by atoms with Gasteiger partial charge in [-0.1, -0.05) is 12.1 Å². The van der Waals surface area contributed by atoms with Gasteiger partial charge in [0, 0.05) is 17.8 Å². The van der Waals surface area contributed by atoms with Crippen LogP contribution in [-0.4, -0.2) is 41.8 Å². The largest absolute Gasteiger partial charge is 0.465 e. The van der Waals surface area contributed by atoms with Crippen molar-refractivity contribution in [3.05, 3.63) is 64.1 Å². The summed E-state index contributed by atoms with van der Waals surface area (Å²) < 4.78 is 6.74. The molecule has 0 saturated carbocycles. The van der Waals surface area contributed by atoms with Gasteiger partial charge in [0.05, 0.1) is 12.1 Å². The molecule has 9 nitrogen and oxygen atoms in total. The van der Waals surface area contributed by atoms with E-state index in [1.54, 1.807) is 42.5 Å². The van der Waals surface area contributed by atoms with Crippen LogP contribution < -0.4 is 21.7 Å². The van der Waals surface area contributed by atoms with Gasteiger partial charge in [-0.05, 0) is 55.9 Å². The second-order valence-corrected chi connectivity index (χ2v) is 6.48. The standard InChI is InChI=1S/C20H22N4O5/c1-21-8-3-9-22-18(25)14-6-7-16-17(11-14)29-20(28)24(16)12-13-4-2-5-15(10-13)23-19(26)27/h2,4-7,10-11,21,23H,3,8-9,12H2,1H3,(H,22,25)(H,26,27). The highest BCUT2D eigenvalue weighted by Crippen LogP contribution is 2.18. The molecule has 3 rings (SSSR count). The minimum absolute atomic E-state index is 0.205. The number of carboxylic acid groups (broad SMARTS) is 1. The Kier molecular flexibility index (Phi) is 6.30. The fraction of sp³-hybridized carbons (Fsp3) is 0.250. The Labute approximate surface area is 166 Å². The summed E-state index contributed by atoms with van der Waals surface area (Å²) in [6, 6.07) is 11.6. The average Bonchev–Trinajstić information content (AvgIpc) is 2.99. The van der Waals surface area contributed by atoms with Crippen molar-refractivity contribution in [2.24, 2.45) is 0 Å². The van der Waals surface area contributed by atoms with Crippen LogP contribution in [0.25, 0.3) is 11.1 Å². The zero-order valence-corrected chi connectivity index (χ0v) is 15.9. The molecule has 0 radical (unpaired) electrons. The third-order valence-electron chi connectivity index (χ3n) is 4.34. The van der Waals surface area contributed by atoms with Gasteiger partial charge in [0.2, 0.25) is 0 Å². The fourth-order valence-electron chi connectivity index (χ4n) is 2.98. The lowest BCUT2D eigenvalue weighted by molar-refractivity contribution is 0.0953. The number of fused-ring (bicyclic) bond motifs is 1. The summed E-state index contributed by atoms with van der Waals surface area (Å²) in [5.41, 5.74) is 2.42. The monoisotopic (exact) mass is 398 g/mol. The second kappa shape index (κ2) is 9.07. The molecule has 152 valence electrons. The van der Waals surface area contributed by atoms with E-state index in [0.29, 0.717) is 28.9 Å². The number of benzene rings is 2. The molecule has 0 aliphatic rings. The highest BCUT2D eigenvalue weighted by molar-refractivity contribution is 5.97. The third kappa shape index (κ3) is 5.02. The van der Waals surface area contributed by atoms with Gasteiger partial charge in [-0.2, -0.15) is 0 Å². The molecule has 0 saturated heterocycles. The summed E-state index contributed by atoms with van der Waals surface area (Å²) in [5.74, 6) is -0.783. The summed E-state index contributed by atoms with van der Waals surface area (Å²) >= 11 is 0. The van der Waals surface area contributed by atoms with Gasteiger partial charge in [0.25, 0.3) is 5.91 Å². The molecule has 1 aromatic heterocycles. The zero-order chi connectivity index (χ0) is 20.8. The molecule has 9 heteroatoms. The van der Waals surface area contributed by atoms with E-state index >= 15 is 0 Å². The summed E-state index contributed by atoms with van der Waals surface area (Å²) in [5, 5.41) is 16.9. The molecular weight excluding hydrogens is 376 g/mol. The molecule has 0 aliphatic carbocycles. The van der Waals surface area contributed by atoms with E-state index in [1.807, 2.05) is 7.05 Å². The van der Waals surface area contributed by atoms with E-state index in [2.05, 4.69) is 16.0 Å². The second-order valence-electron chi connectivity index (χ2n) is 6.48. The zero-order valence-electron chi connectivity index (χ0n) is 15.9. The number of nitrogens with one attached hydrogen (secondary N) is 3. The van der Waals surface area contributed by atoms with Gasteiger partial charge in [0.15, 0.2) is 5.58 Å². The Balaban J connectivity index is 1.80. The first-order chi connectivity index (χ1) is 14.0. The van der Waals surface area contributed by atoms with Crippen LogP contribution in [0.5, 0.6) is 0 Å². The molecular formula is C20H22N4O5. The summed E-state index contributed by atoms with van der Waals surface area (Å²) in [7, 11) is 1.85. The number of carbonyl (C=O) groups is 2. The molecule has 0 unspecified atom stereocenters. The molecule has 0 bridgehead atoms. The molecule has 3 aromatic rings. The lowest BCUT2D eigenvalue weighted by Gasteiger charge is -2.07. The number of aromatic nitrogens is 1. The van der Waals surface area contributed by atoms with Crippen LogP contribution in [0, 0.1) is 0 Å². The van der Waals surface area contributed by atoms with E-state index in [-0.39, 0.29) is 12.5 Å². The van der Waals surface area contributed by atoms with Crippen LogP contribution in [0.4, 0.5) is 10.5 Å². The SMILES string of the molecule is CNCCCNC(=O)c1ccc2c(c1)oc(=O)n2Cc1cccc(NC(=O)O)c1. The van der Waals surface area contributed by atoms with Gasteiger partial charge < -0.3 is 20.2 Å². The highest BCUT2D eigenvalue weighted by Gasteiger charge is 2.13. The minimum atomic E-state index is -1.16. The van der Waals surface area contributed by atoms with Crippen molar-refractivity contribution >= 4 is 28.8 Å². The third-order valence-corrected chi connectivity index (χ3v) is 4.34. The van der Waals surface area contributed by atoms with Crippen molar-refractivity contribution in [3.8, 4) is 0 Å². The fourth-order valence-corrected chi connectivity index (χ4v) is 2.98. The Morgan fingerprint density at radius 2 is 1.97 bits per heavy atom. The first-order valence-electron chi connectivity index (χ1n) is 9.13. The maximum atomic E-state index is 12.3. The quantitative estimate of drug-likeness (QED) is 0.431. The normalized spacial score (nSPS) is 10.8. The predicted octanol–water partition coefficient (Wildman–Crippen LogP) is 2.07. The topological polar surface area (TPSA) is 126 Å². The van der Waals surface area contributed by atoms with Gasteiger partial charge in [-0.3, -0.25) is 14.7 Å². The molecule has 0 fully saturated rings. The number of hydrogen-bond donors (Lipinski definition) is 4. The number of rotatable bonds is 8. The Morgan fingerprint density at radius 3 is 2.72 bits per heavy atom. The van der Waals surface area contributed by atoms with Gasteiger partial charge in [-0.25, -0.2) is 9.59 Å². The first kappa shape index (κ1) is 20.2. The molecule has 29 heavy (non-hydrogen) atoms. The van der Waals surface area contributed by atoms with Gasteiger partial charge in [0.1, 0.15) is 0 Å². The van der Waals surface area contributed by atoms with Crippen LogP contribution in [0.15, 0.2) is 51.7 Å². The molecule has 4 N–H and O–H groups in total. The Bertz CT molecular complexity index is 1090. The van der Waals surface area contributed by atoms with Crippen LogP contribution in [0.2, 0.25) is 0 Å². The van der Waals surface area contributed by atoms with E-state index in [0.717, 1.165) is 18.5 Å². The van der Waals surface area contributed by atoms with Crippen molar-refractivity contribution in [1.82, 2.24) is 15.2 Å². The first-order valence-corrected chi connectivity index (χ1v) is 9.13. The number of oxazole rings is 1. The maximum Gasteiger partial charge on any atom is 0.420 e. The molecule has 0 aliphatic heterocycles. The number of carbonyl (C=O) groups excluding carboxylic acids is 1. The number of nitrogens with zero attached hydrogens (tertiary/aromatic N) is 1. The Morgan fingerprint density at radius 1 is 1.14 bits per heavy atom. The minimum Gasteiger partial charge on any atom is -0.465 e. The van der Waals surface area contributed by atoms with Gasteiger partial charge in [-0.15, -0.1) is 0 Å². The van der Waals surface area contributed by atoms with E-state index in [1.165, 1.54) is 4.57 Å². The highest BCUT2D eigenvalue weighted by atomic mass is 16.4. The van der Waals surface area contributed by atoms with Gasteiger partial charge >= 0.3 is 11.8 Å². The lowest BCUT2D eigenvalue weighted by atomic mass is 10.1. The molecule has 0 atom stereocenters. The van der Waals surface area contributed by atoms with E-state index in [9.17, 15) is 14.4 Å². The number of amides is 2. The van der Waals surface area contributed by atoms with Crippen molar-refractivity contribution in [3.63, 3.8) is 0 Å². The number of hydrogen-bond acceptors (Lipinski definition) is 5. The molecule has 2 amide bonds. The summed E-state index contributed by atoms with van der Waals surface area (Å²) in [6.45, 7) is 1.56. The number of anilines is 1. The average molecular weight is 398 g/mol. The van der Waals surface area contributed by atoms with Crippen molar-refractivity contribution in [1.29, 1.82) is 0 Å². The van der Waals surface area contributed by atoms with Crippen molar-refractivity contribution in [2.75, 3.05) is 25.5 Å². The van der Waals surface area contributed by atoms with E-state index in [4.69, 9.17) is 9.52 Å². The smallest absolute Gasteiger partial charge is 0.420 e. The van der Waals surface area contributed by atoms with Crippen LogP contribution in [0.3, 0.4) is 0 Å². The van der Waals surface area contributed by atoms with E-state index < -0.39 is 11.8 Å². The van der Waals surface area contributed by atoms with Crippen LogP contribution >= 0.6 is 0 Å². The van der Waals surface area contributed by atoms with Crippen LogP contribution in [-0.2, 0) is 6.54 Å². The Hall–Kier alpha value is -3.59. The molecule has 1 heterocycles. The van der Waals surface area contributed by atoms with Crippen molar-refractivity contribution < 1.29 is 19.1 Å².